The monoisotopic (exact) mass is 227 g/mol. The van der Waals surface area contributed by atoms with Crippen molar-refractivity contribution in [3.8, 4) is 0 Å². The van der Waals surface area contributed by atoms with Crippen LogP contribution < -0.4 is 10.6 Å². The summed E-state index contributed by atoms with van der Waals surface area (Å²) in [5, 5.41) is 5.94. The molecule has 1 unspecified atom stereocenters. The molecule has 4 nitrogen and oxygen atoms in total. The second kappa shape index (κ2) is 9.36. The molecule has 1 atom stereocenters. The predicted octanol–water partition coefficient (Wildman–Crippen LogP) is 0.609. The van der Waals surface area contributed by atoms with Crippen LogP contribution in [0.3, 0.4) is 0 Å². The van der Waals surface area contributed by atoms with Crippen molar-refractivity contribution in [2.75, 3.05) is 32.7 Å². The summed E-state index contributed by atoms with van der Waals surface area (Å²) in [6.45, 7) is 13.8. The van der Waals surface area contributed by atoms with Crippen LogP contribution in [-0.4, -0.2) is 49.6 Å². The van der Waals surface area contributed by atoms with Gasteiger partial charge < -0.3 is 15.5 Å². The highest BCUT2D eigenvalue weighted by Gasteiger charge is 2.09. The van der Waals surface area contributed by atoms with E-state index in [0.717, 1.165) is 19.6 Å². The number of likely N-dealkylation sites (N-methyl/N-ethyl adjacent to an activating group) is 1. The summed E-state index contributed by atoms with van der Waals surface area (Å²) >= 11 is 0. The number of hydrogen-bond acceptors (Lipinski definition) is 3. The molecule has 0 bridgehead atoms. The van der Waals surface area contributed by atoms with Crippen LogP contribution in [0.2, 0.25) is 0 Å². The Hall–Kier alpha value is -0.870. The van der Waals surface area contributed by atoms with E-state index in [1.165, 1.54) is 0 Å². The zero-order chi connectivity index (χ0) is 12.4. The lowest BCUT2D eigenvalue weighted by molar-refractivity contribution is -0.120. The molecule has 0 aliphatic heterocycles. The van der Waals surface area contributed by atoms with Crippen molar-refractivity contribution in [3.63, 3.8) is 0 Å². The molecule has 0 aromatic rings. The Morgan fingerprint density at radius 1 is 1.44 bits per heavy atom. The Balaban J connectivity index is 3.72. The minimum absolute atomic E-state index is 0.0431. The van der Waals surface area contributed by atoms with E-state index in [2.05, 4.69) is 36.0 Å². The molecule has 16 heavy (non-hydrogen) atoms. The maximum atomic E-state index is 11.5. The summed E-state index contributed by atoms with van der Waals surface area (Å²) in [6.07, 6.45) is 1.74. The fourth-order valence-electron chi connectivity index (χ4n) is 1.53. The summed E-state index contributed by atoms with van der Waals surface area (Å²) in [6, 6.07) is 0.193. The maximum absolute atomic E-state index is 11.5. The van der Waals surface area contributed by atoms with Gasteiger partial charge in [0.15, 0.2) is 0 Å². The molecule has 0 saturated heterocycles. The number of nitrogens with zero attached hydrogens (tertiary/aromatic N) is 1. The summed E-state index contributed by atoms with van der Waals surface area (Å²) in [7, 11) is 0. The van der Waals surface area contributed by atoms with E-state index in [-0.39, 0.29) is 11.9 Å². The first-order valence-corrected chi connectivity index (χ1v) is 5.97. The number of amides is 1. The number of rotatable bonds is 9. The molecule has 1 amide bonds. The molecule has 0 aliphatic rings. The molecular formula is C12H25N3O. The van der Waals surface area contributed by atoms with E-state index in [1.54, 1.807) is 6.08 Å². The van der Waals surface area contributed by atoms with Crippen LogP contribution in [0.1, 0.15) is 20.8 Å². The average molecular weight is 227 g/mol. The van der Waals surface area contributed by atoms with Gasteiger partial charge in [-0.05, 0) is 20.0 Å². The first-order chi connectivity index (χ1) is 7.63. The lowest BCUT2D eigenvalue weighted by atomic mass is 10.3. The van der Waals surface area contributed by atoms with Crippen LogP contribution in [0, 0.1) is 0 Å². The first-order valence-electron chi connectivity index (χ1n) is 5.97. The zero-order valence-corrected chi connectivity index (χ0v) is 10.8. The standard InChI is InChI=1S/C12H25N3O/c1-5-8-13-9-12(16)14-11(4)10-15(6-2)7-3/h5,11,13H,1,6-10H2,2-4H3,(H,14,16). The van der Waals surface area contributed by atoms with Crippen LogP contribution in [-0.2, 0) is 4.79 Å². The van der Waals surface area contributed by atoms with Crippen LogP contribution in [0.25, 0.3) is 0 Å². The van der Waals surface area contributed by atoms with E-state index in [0.29, 0.717) is 13.1 Å². The number of nitrogens with one attached hydrogen (secondary N) is 2. The van der Waals surface area contributed by atoms with Gasteiger partial charge in [0.25, 0.3) is 0 Å². The van der Waals surface area contributed by atoms with Crippen molar-refractivity contribution in [3.05, 3.63) is 12.7 Å². The molecule has 0 aliphatic carbocycles. The Morgan fingerprint density at radius 3 is 2.56 bits per heavy atom. The molecule has 0 fully saturated rings. The minimum Gasteiger partial charge on any atom is -0.351 e. The van der Waals surface area contributed by atoms with Crippen LogP contribution >= 0.6 is 0 Å². The SMILES string of the molecule is C=CCNCC(=O)NC(C)CN(CC)CC. The molecule has 0 heterocycles. The van der Waals surface area contributed by atoms with E-state index in [9.17, 15) is 4.79 Å². The van der Waals surface area contributed by atoms with Gasteiger partial charge in [0.05, 0.1) is 6.54 Å². The molecule has 0 saturated carbocycles. The van der Waals surface area contributed by atoms with Gasteiger partial charge in [-0.3, -0.25) is 4.79 Å². The number of hydrogen-bond donors (Lipinski definition) is 2. The molecule has 0 radical (unpaired) electrons. The third-order valence-corrected chi connectivity index (χ3v) is 2.41. The van der Waals surface area contributed by atoms with Crippen molar-refractivity contribution < 1.29 is 4.79 Å². The van der Waals surface area contributed by atoms with Gasteiger partial charge in [-0.2, -0.15) is 0 Å². The number of carbonyl (C=O) groups excluding carboxylic acids is 1. The van der Waals surface area contributed by atoms with Crippen LogP contribution in [0.5, 0.6) is 0 Å². The Kier molecular flexibility index (Phi) is 8.85. The normalized spacial score (nSPS) is 12.5. The van der Waals surface area contributed by atoms with Gasteiger partial charge in [0.2, 0.25) is 5.91 Å². The van der Waals surface area contributed by atoms with Gasteiger partial charge >= 0.3 is 0 Å². The van der Waals surface area contributed by atoms with Gasteiger partial charge in [-0.25, -0.2) is 0 Å². The van der Waals surface area contributed by atoms with Crippen LogP contribution in [0.15, 0.2) is 12.7 Å². The fourth-order valence-corrected chi connectivity index (χ4v) is 1.53. The highest BCUT2D eigenvalue weighted by molar-refractivity contribution is 5.78. The van der Waals surface area contributed by atoms with E-state index < -0.39 is 0 Å². The Morgan fingerprint density at radius 2 is 2.06 bits per heavy atom. The highest BCUT2D eigenvalue weighted by atomic mass is 16.1. The van der Waals surface area contributed by atoms with Gasteiger partial charge in [-0.1, -0.05) is 19.9 Å². The predicted molar refractivity (Wildman–Crippen MR) is 68.5 cm³/mol. The largest absolute Gasteiger partial charge is 0.351 e. The molecule has 2 N–H and O–H groups in total. The average Bonchev–Trinajstić information content (AvgIpc) is 2.26. The second-order valence-corrected chi connectivity index (χ2v) is 3.87. The third kappa shape index (κ3) is 7.43. The quantitative estimate of drug-likeness (QED) is 0.448. The van der Waals surface area contributed by atoms with Crippen molar-refractivity contribution in [1.82, 2.24) is 15.5 Å². The summed E-state index contributed by atoms with van der Waals surface area (Å²) in [5.41, 5.74) is 0. The molecule has 0 aromatic heterocycles. The summed E-state index contributed by atoms with van der Waals surface area (Å²) < 4.78 is 0. The van der Waals surface area contributed by atoms with E-state index >= 15 is 0 Å². The lowest BCUT2D eigenvalue weighted by Crippen LogP contribution is -2.44. The fraction of sp³-hybridized carbons (Fsp3) is 0.750. The van der Waals surface area contributed by atoms with Gasteiger partial charge in [0, 0.05) is 19.1 Å². The first kappa shape index (κ1) is 15.1. The third-order valence-electron chi connectivity index (χ3n) is 2.41. The Bertz CT molecular complexity index is 202. The second-order valence-electron chi connectivity index (χ2n) is 3.87. The summed E-state index contributed by atoms with van der Waals surface area (Å²) in [5.74, 6) is 0.0431. The van der Waals surface area contributed by atoms with E-state index in [1.807, 2.05) is 6.92 Å². The minimum atomic E-state index is 0.0431. The molecule has 0 rings (SSSR count). The molecule has 0 aromatic carbocycles. The van der Waals surface area contributed by atoms with Crippen molar-refractivity contribution in [1.29, 1.82) is 0 Å². The van der Waals surface area contributed by atoms with Crippen molar-refractivity contribution in [2.24, 2.45) is 0 Å². The Labute approximate surface area is 99.1 Å². The van der Waals surface area contributed by atoms with E-state index in [4.69, 9.17) is 0 Å². The zero-order valence-electron chi connectivity index (χ0n) is 10.8. The summed E-state index contributed by atoms with van der Waals surface area (Å²) in [4.78, 5) is 13.8. The lowest BCUT2D eigenvalue weighted by Gasteiger charge is -2.23. The molecule has 94 valence electrons. The van der Waals surface area contributed by atoms with Crippen molar-refractivity contribution >= 4 is 5.91 Å². The number of carbonyl (C=O) groups is 1. The van der Waals surface area contributed by atoms with Gasteiger partial charge in [0.1, 0.15) is 0 Å². The van der Waals surface area contributed by atoms with Crippen LogP contribution in [0.4, 0.5) is 0 Å². The highest BCUT2D eigenvalue weighted by Crippen LogP contribution is 1.91. The molecule has 4 heteroatoms. The van der Waals surface area contributed by atoms with Crippen molar-refractivity contribution in [2.45, 2.75) is 26.8 Å². The van der Waals surface area contributed by atoms with Gasteiger partial charge in [-0.15, -0.1) is 6.58 Å². The topological polar surface area (TPSA) is 44.4 Å². The maximum Gasteiger partial charge on any atom is 0.234 e. The molecule has 0 spiro atoms. The smallest absolute Gasteiger partial charge is 0.234 e. The molecular weight excluding hydrogens is 202 g/mol.